The summed E-state index contributed by atoms with van der Waals surface area (Å²) in [6.45, 7) is 7.25. The molecule has 0 N–H and O–H groups in total. The van der Waals surface area contributed by atoms with Crippen LogP contribution in [0.2, 0.25) is 0 Å². The van der Waals surface area contributed by atoms with Gasteiger partial charge in [-0.05, 0) is 30.7 Å². The van der Waals surface area contributed by atoms with E-state index in [2.05, 4.69) is 19.8 Å². The molecule has 1 aromatic heterocycles. The van der Waals surface area contributed by atoms with Gasteiger partial charge in [0.2, 0.25) is 5.88 Å². The van der Waals surface area contributed by atoms with Crippen molar-refractivity contribution in [3.63, 3.8) is 0 Å². The van der Waals surface area contributed by atoms with Crippen LogP contribution in [0, 0.1) is 12.7 Å². The van der Waals surface area contributed by atoms with E-state index >= 15 is 0 Å². The minimum atomic E-state index is -0.278. The topological polar surface area (TPSA) is 50.7 Å². The zero-order chi connectivity index (χ0) is 17.6. The number of methoxy groups -OCH3 is 1. The Hall–Kier alpha value is -2.25. The normalized spacial score (nSPS) is 15.4. The highest BCUT2D eigenvalue weighted by Gasteiger charge is 2.18. The number of aryl methyl sites for hydroxylation is 1. The molecule has 3 rings (SSSR count). The molecule has 7 heteroatoms. The van der Waals surface area contributed by atoms with Gasteiger partial charge >= 0.3 is 0 Å². The Morgan fingerprint density at radius 1 is 1.12 bits per heavy atom. The van der Waals surface area contributed by atoms with E-state index in [9.17, 15) is 4.39 Å². The molecular formula is C18H23FN4O2. The number of benzene rings is 1. The average Bonchev–Trinajstić information content (AvgIpc) is 2.63. The molecule has 2 heterocycles. The number of hydrogen-bond donors (Lipinski definition) is 0. The average molecular weight is 346 g/mol. The Kier molecular flexibility index (Phi) is 5.78. The molecule has 134 valence electrons. The van der Waals surface area contributed by atoms with Crippen LogP contribution in [-0.2, 0) is 4.74 Å². The number of aromatic nitrogens is 2. The molecular weight excluding hydrogens is 323 g/mol. The maximum absolute atomic E-state index is 13.2. The molecule has 1 fully saturated rings. The Bertz CT molecular complexity index is 705. The number of hydrogen-bond acceptors (Lipinski definition) is 6. The molecule has 0 spiro atoms. The van der Waals surface area contributed by atoms with Crippen molar-refractivity contribution in [2.75, 3.05) is 51.3 Å². The van der Waals surface area contributed by atoms with E-state index in [-0.39, 0.29) is 5.82 Å². The summed E-state index contributed by atoms with van der Waals surface area (Å²) in [6.07, 6.45) is 1.50. The van der Waals surface area contributed by atoms with Gasteiger partial charge in [-0.3, -0.25) is 4.90 Å². The third-order valence-electron chi connectivity index (χ3n) is 4.29. The molecule has 0 aliphatic carbocycles. The van der Waals surface area contributed by atoms with Crippen LogP contribution in [0.15, 0.2) is 30.6 Å². The summed E-state index contributed by atoms with van der Waals surface area (Å²) >= 11 is 0. The van der Waals surface area contributed by atoms with Crippen molar-refractivity contribution in [2.45, 2.75) is 6.92 Å². The van der Waals surface area contributed by atoms with Crippen molar-refractivity contribution in [1.29, 1.82) is 0 Å². The van der Waals surface area contributed by atoms with Gasteiger partial charge in [0.1, 0.15) is 23.7 Å². The van der Waals surface area contributed by atoms with E-state index in [1.807, 2.05) is 6.07 Å². The second kappa shape index (κ2) is 8.22. The fourth-order valence-corrected chi connectivity index (χ4v) is 2.82. The highest BCUT2D eigenvalue weighted by Crippen LogP contribution is 2.26. The molecule has 0 radical (unpaired) electrons. The SMILES string of the molecule is COCCN1CCN(c2cc(Oc3ccc(F)cc3C)ncn2)CC1. The quantitative estimate of drug-likeness (QED) is 0.801. The second-order valence-electron chi connectivity index (χ2n) is 6.05. The molecule has 1 aliphatic rings. The number of nitrogens with zero attached hydrogens (tertiary/aromatic N) is 4. The van der Waals surface area contributed by atoms with Crippen molar-refractivity contribution in [3.8, 4) is 11.6 Å². The minimum Gasteiger partial charge on any atom is -0.439 e. The third kappa shape index (κ3) is 4.64. The van der Waals surface area contributed by atoms with Gasteiger partial charge in [0.15, 0.2) is 0 Å². The Morgan fingerprint density at radius 2 is 1.92 bits per heavy atom. The van der Waals surface area contributed by atoms with Crippen LogP contribution in [0.1, 0.15) is 5.56 Å². The maximum Gasteiger partial charge on any atom is 0.224 e. The first-order chi connectivity index (χ1) is 12.2. The maximum atomic E-state index is 13.2. The number of anilines is 1. The van der Waals surface area contributed by atoms with Crippen molar-refractivity contribution in [3.05, 3.63) is 42.0 Å². The van der Waals surface area contributed by atoms with E-state index in [1.54, 1.807) is 20.1 Å². The summed E-state index contributed by atoms with van der Waals surface area (Å²) in [5.74, 6) is 1.62. The molecule has 6 nitrogen and oxygen atoms in total. The summed E-state index contributed by atoms with van der Waals surface area (Å²) in [6, 6.07) is 6.26. The predicted molar refractivity (Wildman–Crippen MR) is 93.8 cm³/mol. The summed E-state index contributed by atoms with van der Waals surface area (Å²) in [7, 11) is 1.72. The van der Waals surface area contributed by atoms with Crippen LogP contribution in [0.25, 0.3) is 0 Å². The van der Waals surface area contributed by atoms with Gasteiger partial charge < -0.3 is 14.4 Å². The number of rotatable bonds is 6. The van der Waals surface area contributed by atoms with E-state index in [0.717, 1.165) is 50.7 Å². The summed E-state index contributed by atoms with van der Waals surface area (Å²) in [5.41, 5.74) is 0.729. The first kappa shape index (κ1) is 17.6. The molecule has 1 aliphatic heterocycles. The van der Waals surface area contributed by atoms with Gasteiger partial charge in [0, 0.05) is 45.9 Å². The van der Waals surface area contributed by atoms with Crippen LogP contribution in [0.3, 0.4) is 0 Å². The first-order valence-electron chi connectivity index (χ1n) is 8.38. The lowest BCUT2D eigenvalue weighted by molar-refractivity contribution is 0.144. The van der Waals surface area contributed by atoms with Gasteiger partial charge in [-0.15, -0.1) is 0 Å². The lowest BCUT2D eigenvalue weighted by Gasteiger charge is -2.35. The van der Waals surface area contributed by atoms with Gasteiger partial charge in [0.05, 0.1) is 6.61 Å². The smallest absolute Gasteiger partial charge is 0.224 e. The Morgan fingerprint density at radius 3 is 2.64 bits per heavy atom. The van der Waals surface area contributed by atoms with Crippen LogP contribution < -0.4 is 9.64 Å². The fourth-order valence-electron chi connectivity index (χ4n) is 2.82. The summed E-state index contributed by atoms with van der Waals surface area (Å²) in [4.78, 5) is 13.1. The molecule has 0 amide bonds. The zero-order valence-electron chi connectivity index (χ0n) is 14.6. The fraction of sp³-hybridized carbons (Fsp3) is 0.444. The molecule has 0 saturated carbocycles. The standard InChI is InChI=1S/C18H23FN4O2/c1-14-11-15(19)3-4-16(14)25-18-12-17(20-13-21-18)23-7-5-22(6-8-23)9-10-24-2/h3-4,11-13H,5-10H2,1-2H3. The monoisotopic (exact) mass is 346 g/mol. The Balaban J connectivity index is 1.64. The Labute approximate surface area is 147 Å². The van der Waals surface area contributed by atoms with Crippen LogP contribution in [-0.4, -0.2) is 61.3 Å². The number of piperazine rings is 1. The van der Waals surface area contributed by atoms with Gasteiger partial charge in [0.25, 0.3) is 0 Å². The van der Waals surface area contributed by atoms with Crippen molar-refractivity contribution < 1.29 is 13.9 Å². The molecule has 0 bridgehead atoms. The zero-order valence-corrected chi connectivity index (χ0v) is 14.6. The lowest BCUT2D eigenvalue weighted by atomic mass is 10.2. The van der Waals surface area contributed by atoms with Gasteiger partial charge in [-0.25, -0.2) is 14.4 Å². The second-order valence-corrected chi connectivity index (χ2v) is 6.05. The molecule has 0 atom stereocenters. The van der Waals surface area contributed by atoms with Crippen LogP contribution in [0.4, 0.5) is 10.2 Å². The highest BCUT2D eigenvalue weighted by atomic mass is 19.1. The van der Waals surface area contributed by atoms with Crippen molar-refractivity contribution in [1.82, 2.24) is 14.9 Å². The molecule has 2 aromatic rings. The number of halogens is 1. The minimum absolute atomic E-state index is 0.278. The molecule has 1 saturated heterocycles. The van der Waals surface area contributed by atoms with Crippen molar-refractivity contribution in [2.24, 2.45) is 0 Å². The number of ether oxygens (including phenoxy) is 2. The van der Waals surface area contributed by atoms with Gasteiger partial charge in [-0.1, -0.05) is 0 Å². The van der Waals surface area contributed by atoms with Gasteiger partial charge in [-0.2, -0.15) is 0 Å². The van der Waals surface area contributed by atoms with E-state index < -0.39 is 0 Å². The molecule has 1 aromatic carbocycles. The predicted octanol–water partition coefficient (Wildman–Crippen LogP) is 2.48. The first-order valence-corrected chi connectivity index (χ1v) is 8.38. The van der Waals surface area contributed by atoms with E-state index in [1.165, 1.54) is 18.5 Å². The lowest BCUT2D eigenvalue weighted by Crippen LogP contribution is -2.47. The summed E-state index contributed by atoms with van der Waals surface area (Å²) < 4.78 is 24.1. The molecule has 25 heavy (non-hydrogen) atoms. The summed E-state index contributed by atoms with van der Waals surface area (Å²) in [5, 5.41) is 0. The van der Waals surface area contributed by atoms with E-state index in [4.69, 9.17) is 9.47 Å². The van der Waals surface area contributed by atoms with Crippen LogP contribution >= 0.6 is 0 Å². The van der Waals surface area contributed by atoms with E-state index in [0.29, 0.717) is 11.6 Å². The van der Waals surface area contributed by atoms with Crippen LogP contribution in [0.5, 0.6) is 11.6 Å². The molecule has 0 unspecified atom stereocenters. The largest absolute Gasteiger partial charge is 0.439 e. The highest BCUT2D eigenvalue weighted by molar-refractivity contribution is 5.43. The third-order valence-corrected chi connectivity index (χ3v) is 4.29. The van der Waals surface area contributed by atoms with Crippen molar-refractivity contribution >= 4 is 5.82 Å².